The molecule has 14 aromatic rings. The van der Waals surface area contributed by atoms with Crippen LogP contribution in [0.15, 0.2) is 285 Å². The van der Waals surface area contributed by atoms with Crippen molar-refractivity contribution in [1.29, 1.82) is 0 Å². The van der Waals surface area contributed by atoms with Crippen LogP contribution in [0.5, 0.6) is 0 Å². The van der Waals surface area contributed by atoms with Gasteiger partial charge in [0.1, 0.15) is 0 Å². The molecule has 0 bridgehead atoms. The summed E-state index contributed by atoms with van der Waals surface area (Å²) in [6.45, 7) is 4.80. The number of benzene rings is 14. The molecule has 366 valence electrons. The maximum atomic E-state index is 2.49. The lowest BCUT2D eigenvalue weighted by molar-refractivity contribution is 0.660. The summed E-state index contributed by atoms with van der Waals surface area (Å²) in [5.74, 6) is 0. The average Bonchev–Trinajstić information content (AvgIpc) is 3.90. The summed E-state index contributed by atoms with van der Waals surface area (Å²) in [6, 6.07) is 106. The van der Waals surface area contributed by atoms with E-state index in [4.69, 9.17) is 0 Å². The van der Waals surface area contributed by atoms with Crippen LogP contribution in [0.1, 0.15) is 25.0 Å². The summed E-state index contributed by atoms with van der Waals surface area (Å²) in [5, 5.41) is 12.3. The van der Waals surface area contributed by atoms with Gasteiger partial charge in [0.15, 0.2) is 0 Å². The number of nitrogens with zero attached hydrogens (tertiary/aromatic N) is 1. The van der Waals surface area contributed by atoms with Gasteiger partial charge in [-0.15, -0.1) is 0 Å². The Balaban J connectivity index is 0.952. The predicted molar refractivity (Wildman–Crippen MR) is 333 cm³/mol. The Morgan fingerprint density at radius 3 is 1.18 bits per heavy atom. The van der Waals surface area contributed by atoms with E-state index in [-0.39, 0.29) is 5.41 Å². The lowest BCUT2D eigenvalue weighted by Crippen LogP contribution is -2.16. The summed E-state index contributed by atoms with van der Waals surface area (Å²) in [5.41, 5.74) is 20.6. The number of anilines is 3. The van der Waals surface area contributed by atoms with Crippen molar-refractivity contribution in [3.05, 3.63) is 296 Å². The zero-order valence-electron chi connectivity index (χ0n) is 43.6. The van der Waals surface area contributed by atoms with Gasteiger partial charge in [0, 0.05) is 22.5 Å². The summed E-state index contributed by atoms with van der Waals surface area (Å²) in [4.78, 5) is 2.37. The zero-order chi connectivity index (χ0) is 51.9. The summed E-state index contributed by atoms with van der Waals surface area (Å²) in [7, 11) is 0. The van der Waals surface area contributed by atoms with E-state index >= 15 is 0 Å². The van der Waals surface area contributed by atoms with Crippen LogP contribution in [0, 0.1) is 0 Å². The summed E-state index contributed by atoms with van der Waals surface area (Å²) >= 11 is 0. The second kappa shape index (κ2) is 18.2. The fourth-order valence-corrected chi connectivity index (χ4v) is 12.9. The van der Waals surface area contributed by atoms with Gasteiger partial charge >= 0.3 is 0 Å². The second-order valence-electron chi connectivity index (χ2n) is 21.6. The molecule has 0 saturated carbocycles. The van der Waals surface area contributed by atoms with Crippen LogP contribution in [-0.4, -0.2) is 0 Å². The number of hydrogen-bond acceptors (Lipinski definition) is 1. The minimum absolute atomic E-state index is 0.245. The quantitative estimate of drug-likeness (QED) is 0.137. The van der Waals surface area contributed by atoms with E-state index in [1.165, 1.54) is 132 Å². The van der Waals surface area contributed by atoms with Crippen molar-refractivity contribution in [1.82, 2.24) is 0 Å². The Kier molecular flexibility index (Phi) is 10.6. The van der Waals surface area contributed by atoms with Gasteiger partial charge in [0.05, 0.1) is 0 Å². The molecule has 0 fully saturated rings. The average molecular weight is 992 g/mol. The van der Waals surface area contributed by atoms with Crippen LogP contribution in [0.3, 0.4) is 0 Å². The van der Waals surface area contributed by atoms with Crippen LogP contribution in [0.25, 0.3) is 121 Å². The zero-order valence-corrected chi connectivity index (χ0v) is 43.6. The smallest absolute Gasteiger partial charge is 0.0465 e. The van der Waals surface area contributed by atoms with Gasteiger partial charge in [-0.25, -0.2) is 0 Å². The highest BCUT2D eigenvalue weighted by Gasteiger charge is 2.36. The molecule has 0 amide bonds. The van der Waals surface area contributed by atoms with Crippen LogP contribution in [0.4, 0.5) is 17.1 Å². The molecule has 0 aliphatic heterocycles. The molecule has 0 aromatic heterocycles. The van der Waals surface area contributed by atoms with E-state index < -0.39 is 0 Å². The van der Waals surface area contributed by atoms with Crippen LogP contribution < -0.4 is 4.90 Å². The Hall–Kier alpha value is -9.82. The standard InChI is InChI=1S/C77H53N/c1-77(2)73-48-58(35-40-67(73)68-41-37-64(49-74(68)77)78(62-26-8-4-9-27-62)63-28-10-5-11-29-63)57-34-38-65-66-39-36-59(70-45-56-25-17-16-24-55(56)44-69(70)52-20-6-3-7-21-52)47-72(66)76(61-33-31-51-19-13-15-23-54(51)43-61)75(71(65)46-57)60-32-30-50-18-12-14-22-53(50)42-60/h3-49H,1-2H3. The molecule has 0 atom stereocenters. The van der Waals surface area contributed by atoms with Crippen LogP contribution in [-0.2, 0) is 5.41 Å². The minimum atomic E-state index is -0.245. The topological polar surface area (TPSA) is 3.24 Å². The van der Waals surface area contributed by atoms with Gasteiger partial charge in [-0.05, 0) is 211 Å². The molecular weight excluding hydrogens is 939 g/mol. The molecule has 78 heavy (non-hydrogen) atoms. The van der Waals surface area contributed by atoms with Crippen molar-refractivity contribution < 1.29 is 0 Å². The van der Waals surface area contributed by atoms with Gasteiger partial charge in [0.2, 0.25) is 0 Å². The van der Waals surface area contributed by atoms with Gasteiger partial charge in [-0.1, -0.05) is 220 Å². The minimum Gasteiger partial charge on any atom is -0.310 e. The number of para-hydroxylation sites is 2. The van der Waals surface area contributed by atoms with Crippen LogP contribution in [0.2, 0.25) is 0 Å². The van der Waals surface area contributed by atoms with Crippen molar-refractivity contribution in [2.24, 2.45) is 0 Å². The second-order valence-corrected chi connectivity index (χ2v) is 21.6. The van der Waals surface area contributed by atoms with E-state index in [1.54, 1.807) is 0 Å². The Morgan fingerprint density at radius 1 is 0.231 bits per heavy atom. The van der Waals surface area contributed by atoms with E-state index in [2.05, 4.69) is 304 Å². The molecule has 0 spiro atoms. The fourth-order valence-electron chi connectivity index (χ4n) is 12.9. The Labute approximate surface area is 455 Å². The maximum absolute atomic E-state index is 2.49. The third-order valence-electron chi connectivity index (χ3n) is 16.8. The molecule has 0 saturated heterocycles. The molecule has 1 aliphatic rings. The Morgan fingerprint density at radius 2 is 0.628 bits per heavy atom. The van der Waals surface area contributed by atoms with Gasteiger partial charge < -0.3 is 4.90 Å². The number of hydrogen-bond donors (Lipinski definition) is 0. The summed E-state index contributed by atoms with van der Waals surface area (Å²) in [6.07, 6.45) is 0. The first kappa shape index (κ1) is 45.6. The Bertz CT molecular complexity index is 4650. The first-order chi connectivity index (χ1) is 38.4. The molecule has 1 heteroatoms. The highest BCUT2D eigenvalue weighted by atomic mass is 15.1. The van der Waals surface area contributed by atoms with Crippen molar-refractivity contribution >= 4 is 70.9 Å². The van der Waals surface area contributed by atoms with Crippen molar-refractivity contribution in [2.75, 3.05) is 4.90 Å². The molecule has 0 N–H and O–H groups in total. The highest BCUT2D eigenvalue weighted by Crippen LogP contribution is 2.53. The third kappa shape index (κ3) is 7.53. The highest BCUT2D eigenvalue weighted by molar-refractivity contribution is 6.23. The SMILES string of the molecule is CC1(C)c2cc(-c3ccc4c(c3)c(-c3ccc5ccccc5c3)c(-c3ccc5ccccc5c3)c3cc(-c5cc6ccccc6cc5-c5ccccc5)ccc34)ccc2-c2ccc(N(c3ccccc3)c3ccccc3)cc21. The maximum Gasteiger partial charge on any atom is 0.0465 e. The number of rotatable bonds is 8. The monoisotopic (exact) mass is 991 g/mol. The first-order valence-corrected chi connectivity index (χ1v) is 27.2. The molecule has 14 aromatic carbocycles. The first-order valence-electron chi connectivity index (χ1n) is 27.2. The lowest BCUT2D eigenvalue weighted by Gasteiger charge is -2.28. The molecule has 0 heterocycles. The number of fused-ring (bicyclic) bond motifs is 9. The van der Waals surface area contributed by atoms with E-state index in [0.29, 0.717) is 0 Å². The van der Waals surface area contributed by atoms with E-state index in [1.807, 2.05) is 0 Å². The normalized spacial score (nSPS) is 12.6. The fraction of sp³-hybridized carbons (Fsp3) is 0.0390. The third-order valence-corrected chi connectivity index (χ3v) is 16.8. The van der Waals surface area contributed by atoms with Crippen LogP contribution >= 0.6 is 0 Å². The molecule has 1 aliphatic carbocycles. The molecular formula is C77H53N. The molecule has 0 unspecified atom stereocenters. The van der Waals surface area contributed by atoms with Gasteiger partial charge in [-0.3, -0.25) is 0 Å². The lowest BCUT2D eigenvalue weighted by atomic mass is 9.80. The van der Waals surface area contributed by atoms with Crippen molar-refractivity contribution in [2.45, 2.75) is 19.3 Å². The van der Waals surface area contributed by atoms with Gasteiger partial charge in [-0.2, -0.15) is 0 Å². The van der Waals surface area contributed by atoms with E-state index in [0.717, 1.165) is 17.1 Å². The van der Waals surface area contributed by atoms with Crippen molar-refractivity contribution in [3.63, 3.8) is 0 Å². The summed E-state index contributed by atoms with van der Waals surface area (Å²) < 4.78 is 0. The van der Waals surface area contributed by atoms with Gasteiger partial charge in [0.25, 0.3) is 0 Å². The largest absolute Gasteiger partial charge is 0.310 e. The molecule has 15 rings (SSSR count). The van der Waals surface area contributed by atoms with E-state index in [9.17, 15) is 0 Å². The van der Waals surface area contributed by atoms with Crippen molar-refractivity contribution in [3.8, 4) is 66.8 Å². The molecule has 0 radical (unpaired) electrons. The molecule has 1 nitrogen and oxygen atoms in total. The predicted octanol–water partition coefficient (Wildman–Crippen LogP) is 21.6.